The van der Waals surface area contributed by atoms with Crippen LogP contribution in [-0.2, 0) is 0 Å². The monoisotopic (exact) mass is 453 g/mol. The van der Waals surface area contributed by atoms with E-state index in [1.165, 1.54) is 43.4 Å². The maximum atomic E-state index is 10.9. The quantitative estimate of drug-likeness (QED) is 0.325. The summed E-state index contributed by atoms with van der Waals surface area (Å²) in [4.78, 5) is 15.1. The molecule has 3 rings (SSSR count). The van der Waals surface area contributed by atoms with Crippen LogP contribution in [0.25, 0.3) is 0 Å². The van der Waals surface area contributed by atoms with E-state index in [4.69, 9.17) is 5.11 Å². The maximum absolute atomic E-state index is 10.9. The van der Waals surface area contributed by atoms with Crippen molar-refractivity contribution in [1.82, 2.24) is 4.98 Å². The van der Waals surface area contributed by atoms with E-state index in [0.29, 0.717) is 18.3 Å². The predicted octanol–water partition coefficient (Wildman–Crippen LogP) is 5.38. The number of thiazole rings is 1. The molecule has 0 aromatic carbocycles. The first-order chi connectivity index (χ1) is 14.3. The Morgan fingerprint density at radius 2 is 2.07 bits per heavy atom. The lowest BCUT2D eigenvalue weighted by Crippen LogP contribution is -2.28. The molecule has 2 aliphatic rings. The largest absolute Gasteiger partial charge is 0.476 e. The van der Waals surface area contributed by atoms with Crippen molar-refractivity contribution in [2.24, 2.45) is 17.8 Å². The van der Waals surface area contributed by atoms with Gasteiger partial charge in [-0.1, -0.05) is 56.0 Å². The number of rotatable bonds is 10. The van der Waals surface area contributed by atoms with Gasteiger partial charge in [0, 0.05) is 11.1 Å². The van der Waals surface area contributed by atoms with Crippen LogP contribution in [0.1, 0.15) is 81.6 Å². The highest BCUT2D eigenvalue weighted by Gasteiger charge is 2.33. The van der Waals surface area contributed by atoms with Gasteiger partial charge >= 0.3 is 5.97 Å². The van der Waals surface area contributed by atoms with Crippen molar-refractivity contribution in [2.45, 2.75) is 87.2 Å². The Hall–Kier alpha value is -0.890. The summed E-state index contributed by atoms with van der Waals surface area (Å²) in [6.07, 6.45) is 14.7. The zero-order valence-electron chi connectivity index (χ0n) is 17.8. The average molecular weight is 454 g/mol. The molecule has 1 heterocycles. The minimum Gasteiger partial charge on any atom is -0.476 e. The number of carboxylic acid groups (broad SMARTS) is 1. The van der Waals surface area contributed by atoms with Crippen LogP contribution >= 0.6 is 23.1 Å². The molecule has 1 aromatic heterocycles. The molecule has 1 aromatic rings. The Kier molecular flexibility index (Phi) is 8.81. The van der Waals surface area contributed by atoms with E-state index in [1.54, 1.807) is 17.1 Å². The van der Waals surface area contributed by atoms with Gasteiger partial charge in [-0.05, 0) is 56.8 Å². The summed E-state index contributed by atoms with van der Waals surface area (Å²) >= 11 is 2.93. The Morgan fingerprint density at radius 1 is 1.30 bits per heavy atom. The second kappa shape index (κ2) is 11.1. The van der Waals surface area contributed by atoms with Crippen LogP contribution in [0.4, 0.5) is 0 Å². The Balaban J connectivity index is 1.45. The fraction of sp³-hybridized carbons (Fsp3) is 0.739. The van der Waals surface area contributed by atoms with Crippen LogP contribution < -0.4 is 0 Å². The maximum Gasteiger partial charge on any atom is 0.355 e. The number of thioether (sulfide) groups is 1. The van der Waals surface area contributed by atoms with Crippen molar-refractivity contribution in [2.75, 3.05) is 5.75 Å². The lowest BCUT2D eigenvalue weighted by molar-refractivity contribution is 0.0302. The van der Waals surface area contributed by atoms with Gasteiger partial charge in [-0.2, -0.15) is 0 Å². The molecule has 0 spiro atoms. The first kappa shape index (κ1) is 23.8. The van der Waals surface area contributed by atoms with E-state index in [2.05, 4.69) is 17.1 Å². The van der Waals surface area contributed by atoms with Crippen molar-refractivity contribution in [1.29, 1.82) is 0 Å². The fourth-order valence-electron chi connectivity index (χ4n) is 5.02. The molecule has 2 aliphatic carbocycles. The second-order valence-corrected chi connectivity index (χ2v) is 11.5. The number of hydrogen-bond acceptors (Lipinski definition) is 6. The molecule has 0 bridgehead atoms. The van der Waals surface area contributed by atoms with E-state index < -0.39 is 11.6 Å². The van der Waals surface area contributed by atoms with Gasteiger partial charge in [0.05, 0.1) is 11.7 Å². The van der Waals surface area contributed by atoms with Gasteiger partial charge in [0.2, 0.25) is 0 Å². The Labute approximate surface area is 188 Å². The van der Waals surface area contributed by atoms with E-state index in [9.17, 15) is 15.0 Å². The number of carboxylic acids is 1. The number of aromatic carboxylic acids is 1. The average Bonchev–Trinajstić information content (AvgIpc) is 3.30. The van der Waals surface area contributed by atoms with Gasteiger partial charge in [0.1, 0.15) is 0 Å². The summed E-state index contributed by atoms with van der Waals surface area (Å²) in [6.45, 7) is 1.96. The summed E-state index contributed by atoms with van der Waals surface area (Å²) in [5.41, 5.74) is -0.544. The fourth-order valence-corrected chi connectivity index (χ4v) is 6.93. The molecule has 30 heavy (non-hydrogen) atoms. The molecular weight excluding hydrogens is 418 g/mol. The third-order valence-electron chi connectivity index (χ3n) is 6.61. The minimum atomic E-state index is -0.992. The number of nitrogens with zero attached hydrogens (tertiary/aromatic N) is 1. The molecule has 0 unspecified atom stereocenters. The molecule has 2 saturated carbocycles. The third kappa shape index (κ3) is 7.08. The van der Waals surface area contributed by atoms with Crippen molar-refractivity contribution in [3.05, 3.63) is 23.2 Å². The smallest absolute Gasteiger partial charge is 0.355 e. The van der Waals surface area contributed by atoms with Crippen molar-refractivity contribution in [3.8, 4) is 0 Å². The second-order valence-electron chi connectivity index (χ2n) is 9.25. The lowest BCUT2D eigenvalue weighted by atomic mass is 9.80. The molecule has 2 fully saturated rings. The van der Waals surface area contributed by atoms with Gasteiger partial charge in [-0.3, -0.25) is 0 Å². The predicted molar refractivity (Wildman–Crippen MR) is 122 cm³/mol. The number of hydrogen-bond donors (Lipinski definition) is 3. The van der Waals surface area contributed by atoms with Gasteiger partial charge < -0.3 is 15.3 Å². The van der Waals surface area contributed by atoms with E-state index in [0.717, 1.165) is 35.8 Å². The molecule has 0 amide bonds. The van der Waals surface area contributed by atoms with Gasteiger partial charge in [-0.25, -0.2) is 9.78 Å². The van der Waals surface area contributed by atoms with E-state index in [-0.39, 0.29) is 17.7 Å². The highest BCUT2D eigenvalue weighted by Crippen LogP contribution is 2.38. The highest BCUT2D eigenvalue weighted by atomic mass is 32.2. The Morgan fingerprint density at radius 3 is 2.77 bits per heavy atom. The van der Waals surface area contributed by atoms with Crippen molar-refractivity contribution < 1.29 is 20.1 Å². The molecule has 0 saturated heterocycles. The highest BCUT2D eigenvalue weighted by molar-refractivity contribution is 8.01. The zero-order valence-corrected chi connectivity index (χ0v) is 19.5. The van der Waals surface area contributed by atoms with Crippen LogP contribution in [0.2, 0.25) is 0 Å². The SMILES string of the molecule is C[C@@](O)(C/C=C/[C@H]1CC[C@H](O)[C@@H]1CCSc1nc(C(=O)O)cs1)CC1CCCCC1. The van der Waals surface area contributed by atoms with Crippen LogP contribution in [0.5, 0.6) is 0 Å². The number of aromatic nitrogens is 1. The molecule has 168 valence electrons. The van der Waals surface area contributed by atoms with Gasteiger partial charge in [0.25, 0.3) is 0 Å². The third-order valence-corrected chi connectivity index (χ3v) is 8.67. The van der Waals surface area contributed by atoms with Gasteiger partial charge in [0.15, 0.2) is 10.0 Å². The summed E-state index contributed by atoms with van der Waals surface area (Å²) in [7, 11) is 0. The standard InChI is InChI=1S/C23H35NO4S2/c1-23(28,14-16-6-3-2-4-7-16)12-5-8-17-9-10-20(25)18(17)11-13-29-22-24-19(15-30-22)21(26)27/h5,8,15-18,20,25,28H,2-4,6-7,9-14H2,1H3,(H,26,27)/b8-5+/t17-,18+,20-,23+/m0/s1. The lowest BCUT2D eigenvalue weighted by Gasteiger charge is -2.30. The van der Waals surface area contributed by atoms with Crippen molar-refractivity contribution >= 4 is 29.1 Å². The van der Waals surface area contributed by atoms with Crippen LogP contribution in [0.3, 0.4) is 0 Å². The molecule has 3 N–H and O–H groups in total. The minimum absolute atomic E-state index is 0.101. The van der Waals surface area contributed by atoms with Crippen molar-refractivity contribution in [3.63, 3.8) is 0 Å². The van der Waals surface area contributed by atoms with Crippen LogP contribution in [-0.4, -0.2) is 43.7 Å². The summed E-state index contributed by atoms with van der Waals surface area (Å²) in [5.74, 6) is 1.05. The first-order valence-electron chi connectivity index (χ1n) is 11.2. The first-order valence-corrected chi connectivity index (χ1v) is 13.1. The van der Waals surface area contributed by atoms with Crippen LogP contribution in [0.15, 0.2) is 21.9 Å². The number of aliphatic hydroxyl groups excluding tert-OH is 1. The molecule has 4 atom stereocenters. The normalized spacial score (nSPS) is 27.5. The number of aliphatic hydroxyl groups is 2. The summed E-state index contributed by atoms with van der Waals surface area (Å²) in [5, 5.41) is 31.8. The molecule has 0 radical (unpaired) electrons. The molecule has 7 heteroatoms. The number of carbonyl (C=O) groups is 1. The molecule has 5 nitrogen and oxygen atoms in total. The molecular formula is C23H35NO4S2. The molecule has 0 aliphatic heterocycles. The summed E-state index contributed by atoms with van der Waals surface area (Å²) < 4.78 is 0.769. The van der Waals surface area contributed by atoms with Crippen LogP contribution in [0, 0.1) is 17.8 Å². The van der Waals surface area contributed by atoms with E-state index >= 15 is 0 Å². The number of allylic oxidation sites excluding steroid dienone is 1. The van der Waals surface area contributed by atoms with Gasteiger partial charge in [-0.15, -0.1) is 11.3 Å². The Bertz CT molecular complexity index is 712. The summed E-state index contributed by atoms with van der Waals surface area (Å²) in [6, 6.07) is 0. The van der Waals surface area contributed by atoms with E-state index in [1.807, 2.05) is 6.92 Å². The zero-order chi connectivity index (χ0) is 21.6. The topological polar surface area (TPSA) is 90.7 Å².